The lowest BCUT2D eigenvalue weighted by Gasteiger charge is -2.18. The van der Waals surface area contributed by atoms with Crippen molar-refractivity contribution in [2.75, 3.05) is 19.0 Å². The number of methoxy groups -OCH3 is 1. The second-order valence-corrected chi connectivity index (χ2v) is 3.74. The van der Waals surface area contributed by atoms with Gasteiger partial charge in [-0.15, -0.1) is 0 Å². The quantitative estimate of drug-likeness (QED) is 0.840. The van der Waals surface area contributed by atoms with Gasteiger partial charge in [0, 0.05) is 13.2 Å². The second-order valence-electron chi connectivity index (χ2n) is 3.33. The average molecular weight is 232 g/mol. The van der Waals surface area contributed by atoms with Crippen LogP contribution in [0.2, 0.25) is 5.02 Å². The molecule has 0 heterocycles. The van der Waals surface area contributed by atoms with Gasteiger partial charge in [-0.2, -0.15) is 0 Å². The molecule has 0 aliphatic rings. The first-order chi connectivity index (χ1) is 7.17. The lowest BCUT2D eigenvalue weighted by Crippen LogP contribution is -2.24. The van der Waals surface area contributed by atoms with Gasteiger partial charge in [-0.1, -0.05) is 18.5 Å². The van der Waals surface area contributed by atoms with Gasteiger partial charge >= 0.3 is 0 Å². The molecule has 15 heavy (non-hydrogen) atoms. The molecular formula is C11H15ClFNO. The third-order valence-corrected chi connectivity index (χ3v) is 2.48. The number of hydrogen-bond donors (Lipinski definition) is 1. The minimum Gasteiger partial charge on any atom is -0.383 e. The monoisotopic (exact) mass is 231 g/mol. The smallest absolute Gasteiger partial charge is 0.125 e. The highest BCUT2D eigenvalue weighted by atomic mass is 35.5. The normalized spacial score (nSPS) is 12.5. The largest absolute Gasteiger partial charge is 0.383 e. The number of benzene rings is 1. The Balaban J connectivity index is 2.73. The lowest BCUT2D eigenvalue weighted by molar-refractivity contribution is 0.184. The topological polar surface area (TPSA) is 21.3 Å². The van der Waals surface area contributed by atoms with Crippen molar-refractivity contribution < 1.29 is 9.13 Å². The highest BCUT2D eigenvalue weighted by Gasteiger charge is 2.08. The zero-order valence-electron chi connectivity index (χ0n) is 8.89. The Morgan fingerprint density at radius 2 is 2.27 bits per heavy atom. The molecule has 1 N–H and O–H groups in total. The molecule has 0 bridgehead atoms. The van der Waals surface area contributed by atoms with E-state index in [2.05, 4.69) is 5.32 Å². The van der Waals surface area contributed by atoms with Gasteiger partial charge in [0.05, 0.1) is 17.3 Å². The van der Waals surface area contributed by atoms with Gasteiger partial charge in [0.25, 0.3) is 0 Å². The summed E-state index contributed by atoms with van der Waals surface area (Å²) in [5.41, 5.74) is 0.612. The first kappa shape index (κ1) is 12.3. The maximum Gasteiger partial charge on any atom is 0.125 e. The van der Waals surface area contributed by atoms with E-state index in [1.54, 1.807) is 13.2 Å². The number of anilines is 1. The highest BCUT2D eigenvalue weighted by molar-refractivity contribution is 6.33. The van der Waals surface area contributed by atoms with Gasteiger partial charge < -0.3 is 10.1 Å². The van der Waals surface area contributed by atoms with Crippen molar-refractivity contribution in [1.82, 2.24) is 0 Å². The first-order valence-corrected chi connectivity index (χ1v) is 5.25. The summed E-state index contributed by atoms with van der Waals surface area (Å²) in [6, 6.07) is 4.42. The molecular weight excluding hydrogens is 217 g/mol. The maximum atomic E-state index is 13.0. The minimum atomic E-state index is -0.297. The molecule has 0 fully saturated rings. The van der Waals surface area contributed by atoms with Crippen LogP contribution < -0.4 is 5.32 Å². The van der Waals surface area contributed by atoms with Crippen LogP contribution in [0.25, 0.3) is 0 Å². The summed E-state index contributed by atoms with van der Waals surface area (Å²) < 4.78 is 18.0. The van der Waals surface area contributed by atoms with Crippen molar-refractivity contribution in [2.24, 2.45) is 0 Å². The Labute approximate surface area is 94.4 Å². The molecule has 0 aliphatic heterocycles. The Bertz CT molecular complexity index is 319. The molecule has 0 saturated carbocycles. The van der Waals surface area contributed by atoms with Crippen LogP contribution in [-0.4, -0.2) is 19.8 Å². The standard InChI is InChI=1S/C11H15ClFNO/c1-3-9(7-15-2)14-11-6-8(13)4-5-10(11)12/h4-6,9,14H,3,7H2,1-2H3. The summed E-state index contributed by atoms with van der Waals surface area (Å²) in [4.78, 5) is 0. The Hall–Kier alpha value is -0.800. The third kappa shape index (κ3) is 3.68. The van der Waals surface area contributed by atoms with Gasteiger partial charge in [-0.3, -0.25) is 0 Å². The SMILES string of the molecule is CCC(COC)Nc1cc(F)ccc1Cl. The zero-order valence-corrected chi connectivity index (χ0v) is 9.64. The Morgan fingerprint density at radius 1 is 1.53 bits per heavy atom. The van der Waals surface area contributed by atoms with E-state index >= 15 is 0 Å². The van der Waals surface area contributed by atoms with Crippen LogP contribution >= 0.6 is 11.6 Å². The van der Waals surface area contributed by atoms with Gasteiger partial charge in [0.15, 0.2) is 0 Å². The summed E-state index contributed by atoms with van der Waals surface area (Å²) in [5, 5.41) is 3.66. The number of ether oxygens (including phenoxy) is 1. The van der Waals surface area contributed by atoms with Gasteiger partial charge in [-0.05, 0) is 24.6 Å². The first-order valence-electron chi connectivity index (χ1n) is 4.88. The fraction of sp³-hybridized carbons (Fsp3) is 0.455. The van der Waals surface area contributed by atoms with E-state index in [-0.39, 0.29) is 11.9 Å². The van der Waals surface area contributed by atoms with Gasteiger partial charge in [0.1, 0.15) is 5.82 Å². The predicted octanol–water partition coefficient (Wildman–Crippen LogP) is 3.32. The molecule has 1 rings (SSSR count). The molecule has 4 heteroatoms. The number of hydrogen-bond acceptors (Lipinski definition) is 2. The van der Waals surface area contributed by atoms with Gasteiger partial charge in [0.2, 0.25) is 0 Å². The molecule has 1 aromatic carbocycles. The minimum absolute atomic E-state index is 0.147. The molecule has 0 spiro atoms. The predicted molar refractivity (Wildman–Crippen MR) is 61.0 cm³/mol. The Kier molecular flexibility index (Phi) is 4.85. The molecule has 0 saturated heterocycles. The fourth-order valence-electron chi connectivity index (χ4n) is 1.29. The zero-order chi connectivity index (χ0) is 11.3. The van der Waals surface area contributed by atoms with Crippen molar-refractivity contribution in [1.29, 1.82) is 0 Å². The van der Waals surface area contributed by atoms with Crippen LogP contribution in [0, 0.1) is 5.82 Å². The maximum absolute atomic E-state index is 13.0. The molecule has 1 atom stereocenters. The second kappa shape index (κ2) is 5.93. The molecule has 2 nitrogen and oxygen atoms in total. The van der Waals surface area contributed by atoms with Crippen LogP contribution in [0.3, 0.4) is 0 Å². The van der Waals surface area contributed by atoms with Crippen molar-refractivity contribution in [3.8, 4) is 0 Å². The molecule has 0 radical (unpaired) electrons. The lowest BCUT2D eigenvalue weighted by atomic mass is 10.2. The summed E-state index contributed by atoms with van der Waals surface area (Å²) in [7, 11) is 1.64. The Morgan fingerprint density at radius 3 is 2.87 bits per heavy atom. The number of nitrogens with one attached hydrogen (secondary N) is 1. The summed E-state index contributed by atoms with van der Waals surface area (Å²) in [6.07, 6.45) is 0.890. The number of halogens is 2. The summed E-state index contributed by atoms with van der Waals surface area (Å²) in [5.74, 6) is -0.297. The third-order valence-electron chi connectivity index (χ3n) is 2.15. The molecule has 1 unspecified atom stereocenters. The average Bonchev–Trinajstić information content (AvgIpc) is 2.22. The fourth-order valence-corrected chi connectivity index (χ4v) is 1.46. The van der Waals surface area contributed by atoms with E-state index in [1.165, 1.54) is 12.1 Å². The van der Waals surface area contributed by atoms with E-state index < -0.39 is 0 Å². The molecule has 0 aromatic heterocycles. The molecule has 0 amide bonds. The van der Waals surface area contributed by atoms with Crippen LogP contribution in [-0.2, 0) is 4.74 Å². The van der Waals surface area contributed by atoms with Crippen LogP contribution in [0.5, 0.6) is 0 Å². The van der Waals surface area contributed by atoms with E-state index in [0.717, 1.165) is 6.42 Å². The highest BCUT2D eigenvalue weighted by Crippen LogP contribution is 2.23. The summed E-state index contributed by atoms with van der Waals surface area (Å²) >= 11 is 5.93. The molecule has 0 aliphatic carbocycles. The number of rotatable bonds is 5. The van der Waals surface area contributed by atoms with E-state index in [1.807, 2.05) is 6.92 Å². The van der Waals surface area contributed by atoms with Crippen molar-refractivity contribution in [3.05, 3.63) is 29.0 Å². The van der Waals surface area contributed by atoms with Crippen molar-refractivity contribution in [2.45, 2.75) is 19.4 Å². The van der Waals surface area contributed by atoms with Crippen LogP contribution in [0.15, 0.2) is 18.2 Å². The van der Waals surface area contributed by atoms with E-state index in [0.29, 0.717) is 17.3 Å². The van der Waals surface area contributed by atoms with E-state index in [4.69, 9.17) is 16.3 Å². The molecule has 84 valence electrons. The van der Waals surface area contributed by atoms with Crippen LogP contribution in [0.4, 0.5) is 10.1 Å². The molecule has 1 aromatic rings. The van der Waals surface area contributed by atoms with Crippen molar-refractivity contribution >= 4 is 17.3 Å². The van der Waals surface area contributed by atoms with Crippen LogP contribution in [0.1, 0.15) is 13.3 Å². The van der Waals surface area contributed by atoms with E-state index in [9.17, 15) is 4.39 Å². The summed E-state index contributed by atoms with van der Waals surface area (Å²) in [6.45, 7) is 2.60. The van der Waals surface area contributed by atoms with Crippen molar-refractivity contribution in [3.63, 3.8) is 0 Å². The van der Waals surface area contributed by atoms with Gasteiger partial charge in [-0.25, -0.2) is 4.39 Å².